The van der Waals surface area contributed by atoms with Gasteiger partial charge in [0.25, 0.3) is 11.8 Å². The molecule has 2 saturated heterocycles. The first-order chi connectivity index (χ1) is 31.7. The molecule has 10 N–H and O–H groups in total. The third kappa shape index (κ3) is 14.8. The summed E-state index contributed by atoms with van der Waals surface area (Å²) < 4.78 is 10.6. The van der Waals surface area contributed by atoms with Crippen LogP contribution < -0.4 is 32.3 Å². The highest BCUT2D eigenvalue weighted by atomic mass is 16.6. The van der Waals surface area contributed by atoms with Gasteiger partial charge in [0.1, 0.15) is 49.8 Å². The summed E-state index contributed by atoms with van der Waals surface area (Å²) in [7, 11) is 2.80. The molecule has 0 spiro atoms. The Kier molecular flexibility index (Phi) is 19.4. The van der Waals surface area contributed by atoms with Crippen LogP contribution in [0.1, 0.15) is 57.9 Å². The number of nitrogens with zero attached hydrogens (tertiary/aromatic N) is 4. The standard InChI is InChI=1S/C42H60N10O15/c1-23(2)31(47-28(53)10-6-5-7-18-51-29(54)15-16-30(51)55)37(60)46-26(9-8-17-44-40(43)63)36(59)45-25-13-11-24(12-14-25)21-66-41(64)49(3)19-20-50(4)42(65)67-22-27-32(56)33(57)34(58)35-48-38(61)39(62)52(27)35/h11-16,23,26-27,31-35,56-58H,5-10,17-22H2,1-4H3,(H,45,59)(H,46,60)(H,47,53)(H,48,61)(H3,43,44,63)/t26-,27+,31-,32+,33-,34-,35-/m0/s1. The maximum Gasteiger partial charge on any atom is 0.409 e. The van der Waals surface area contributed by atoms with Crippen LogP contribution in [0.15, 0.2) is 36.4 Å². The third-order valence-corrected chi connectivity index (χ3v) is 11.2. The van der Waals surface area contributed by atoms with Gasteiger partial charge in [0.15, 0.2) is 0 Å². The summed E-state index contributed by atoms with van der Waals surface area (Å²) in [6.07, 6.45) is -3.72. The number of carbonyl (C=O) groups excluding carboxylic acids is 10. The lowest BCUT2D eigenvalue weighted by Crippen LogP contribution is -2.68. The number of nitrogens with one attached hydrogen (secondary N) is 5. The third-order valence-electron chi connectivity index (χ3n) is 11.2. The summed E-state index contributed by atoms with van der Waals surface area (Å²) in [4.78, 5) is 128. The number of rotatable bonds is 23. The SMILES string of the molecule is CC(C)[C@H](NC(=O)CCCCCN1C(=O)C=CC1=O)C(=O)N[C@@H](CCCNC(N)=O)C(=O)Nc1ccc(COC(=O)N(C)CCN(C)C(=O)OC[C@@H]2[C@@H](O)[C@H](O)[C@H](O)[C@H]3NC(=O)C(=O)N23)cc1. The van der Waals surface area contributed by atoms with E-state index < -0.39 is 91.1 Å². The van der Waals surface area contributed by atoms with E-state index >= 15 is 0 Å². The molecule has 1 aromatic carbocycles. The van der Waals surface area contributed by atoms with E-state index in [0.717, 1.165) is 14.7 Å². The molecule has 1 aromatic rings. The number of unbranched alkanes of at least 4 members (excludes halogenated alkanes) is 2. The number of aliphatic hydroxyl groups excluding tert-OH is 3. The predicted molar refractivity (Wildman–Crippen MR) is 232 cm³/mol. The molecular weight excluding hydrogens is 885 g/mol. The van der Waals surface area contributed by atoms with E-state index in [1.165, 1.54) is 31.1 Å². The molecule has 3 aliphatic rings. The molecule has 25 heteroatoms. The molecule has 368 valence electrons. The number of hydrogen-bond donors (Lipinski definition) is 9. The second-order valence-corrected chi connectivity index (χ2v) is 16.6. The van der Waals surface area contributed by atoms with Gasteiger partial charge in [-0.2, -0.15) is 0 Å². The van der Waals surface area contributed by atoms with Crippen molar-refractivity contribution in [2.75, 3.05) is 52.2 Å². The number of likely N-dealkylation sites (N-methyl/N-ethyl adjacent to an activating group) is 2. The van der Waals surface area contributed by atoms with Gasteiger partial charge in [0.05, 0.1) is 6.04 Å². The molecule has 25 nitrogen and oxygen atoms in total. The van der Waals surface area contributed by atoms with Gasteiger partial charge in [-0.05, 0) is 49.3 Å². The number of imide groups is 1. The molecular formula is C42H60N10O15. The Labute approximate surface area is 385 Å². The fraction of sp³-hybridized carbons (Fsp3) is 0.571. The summed E-state index contributed by atoms with van der Waals surface area (Å²) in [6.45, 7) is 3.00. The topological polar surface area (TPSA) is 349 Å². The van der Waals surface area contributed by atoms with E-state index in [9.17, 15) is 63.3 Å². The molecule has 0 unspecified atom stereocenters. The Balaban J connectivity index is 1.22. The Morgan fingerprint density at radius 2 is 1.43 bits per heavy atom. The zero-order valence-electron chi connectivity index (χ0n) is 37.7. The Morgan fingerprint density at radius 1 is 0.806 bits per heavy atom. The number of nitrogens with two attached hydrogens (primary N) is 1. The molecule has 0 aliphatic carbocycles. The van der Waals surface area contributed by atoms with Crippen LogP contribution in [0.3, 0.4) is 0 Å². The molecule has 67 heavy (non-hydrogen) atoms. The smallest absolute Gasteiger partial charge is 0.409 e. The second-order valence-electron chi connectivity index (χ2n) is 16.6. The van der Waals surface area contributed by atoms with Crippen LogP contribution in [0.25, 0.3) is 0 Å². The average molecular weight is 945 g/mol. The van der Waals surface area contributed by atoms with E-state index in [2.05, 4.69) is 26.6 Å². The number of carbonyl (C=O) groups is 10. The second kappa shape index (κ2) is 24.6. The molecule has 2 fully saturated rings. The average Bonchev–Trinajstić information content (AvgIpc) is 3.77. The summed E-state index contributed by atoms with van der Waals surface area (Å²) >= 11 is 0. The minimum Gasteiger partial charge on any atom is -0.447 e. The van der Waals surface area contributed by atoms with Crippen molar-refractivity contribution in [3.05, 3.63) is 42.0 Å². The first kappa shape index (κ1) is 52.8. The van der Waals surface area contributed by atoms with Crippen molar-refractivity contribution in [1.82, 2.24) is 40.9 Å². The van der Waals surface area contributed by atoms with Crippen LogP contribution >= 0.6 is 0 Å². The van der Waals surface area contributed by atoms with Crippen LogP contribution in [0, 0.1) is 5.92 Å². The minimum atomic E-state index is -1.74. The number of ether oxygens (including phenoxy) is 2. The van der Waals surface area contributed by atoms with Gasteiger partial charge in [0.2, 0.25) is 17.7 Å². The normalized spacial score (nSPS) is 20.7. The lowest BCUT2D eigenvalue weighted by molar-refractivity contribution is -0.175. The number of urea groups is 1. The molecule has 3 aliphatic heterocycles. The van der Waals surface area contributed by atoms with Crippen molar-refractivity contribution >= 4 is 65.3 Å². The van der Waals surface area contributed by atoms with Crippen molar-refractivity contribution in [1.29, 1.82) is 0 Å². The van der Waals surface area contributed by atoms with E-state index in [1.54, 1.807) is 38.1 Å². The molecule has 0 aromatic heterocycles. The number of amides is 11. The van der Waals surface area contributed by atoms with E-state index in [4.69, 9.17) is 15.2 Å². The van der Waals surface area contributed by atoms with Crippen molar-refractivity contribution in [2.45, 2.75) is 102 Å². The summed E-state index contributed by atoms with van der Waals surface area (Å²) in [5.41, 5.74) is 6.05. The van der Waals surface area contributed by atoms with Gasteiger partial charge in [-0.3, -0.25) is 38.5 Å². The van der Waals surface area contributed by atoms with Gasteiger partial charge >= 0.3 is 30.0 Å². The fourth-order valence-electron chi connectivity index (χ4n) is 7.21. The lowest BCUT2D eigenvalue weighted by atomic mass is 9.92. The monoisotopic (exact) mass is 944 g/mol. The Hall–Kier alpha value is -6.86. The molecule has 3 heterocycles. The lowest BCUT2D eigenvalue weighted by Gasteiger charge is -2.44. The number of fused-ring (bicyclic) bond motifs is 1. The maximum absolute atomic E-state index is 13.5. The fourth-order valence-corrected chi connectivity index (χ4v) is 7.21. The van der Waals surface area contributed by atoms with E-state index in [1.807, 2.05) is 0 Å². The van der Waals surface area contributed by atoms with Gasteiger partial charge in [-0.15, -0.1) is 0 Å². The van der Waals surface area contributed by atoms with Crippen LogP contribution in [0.5, 0.6) is 0 Å². The molecule has 11 amide bonds. The summed E-state index contributed by atoms with van der Waals surface area (Å²) in [6, 6.07) is 2.12. The van der Waals surface area contributed by atoms with Crippen molar-refractivity contribution in [3.8, 4) is 0 Å². The van der Waals surface area contributed by atoms with Gasteiger partial charge < -0.3 is 71.8 Å². The molecule has 7 atom stereocenters. The maximum atomic E-state index is 13.5. The largest absolute Gasteiger partial charge is 0.447 e. The summed E-state index contributed by atoms with van der Waals surface area (Å²) in [5.74, 6) is -4.81. The van der Waals surface area contributed by atoms with E-state index in [-0.39, 0.29) is 75.7 Å². The zero-order valence-corrected chi connectivity index (χ0v) is 37.7. The predicted octanol–water partition coefficient (Wildman–Crippen LogP) is -2.43. The number of hydrogen-bond acceptors (Lipinski definition) is 15. The number of aliphatic hydroxyl groups is 3. The number of anilines is 1. The highest BCUT2D eigenvalue weighted by Gasteiger charge is 2.55. The molecule has 0 saturated carbocycles. The van der Waals surface area contributed by atoms with Gasteiger partial charge in [0, 0.05) is 64.5 Å². The zero-order chi connectivity index (χ0) is 49.5. The highest BCUT2D eigenvalue weighted by Crippen LogP contribution is 2.27. The van der Waals surface area contributed by atoms with Crippen LogP contribution in [-0.2, 0) is 49.6 Å². The van der Waals surface area contributed by atoms with Crippen LogP contribution in [-0.4, -0.2) is 184 Å². The molecule has 0 radical (unpaired) electrons. The first-order valence-electron chi connectivity index (χ1n) is 21.7. The van der Waals surface area contributed by atoms with Crippen LogP contribution in [0.4, 0.5) is 20.1 Å². The number of benzene rings is 1. The summed E-state index contributed by atoms with van der Waals surface area (Å²) in [5, 5.41) is 43.7. The van der Waals surface area contributed by atoms with Crippen molar-refractivity contribution in [3.63, 3.8) is 0 Å². The molecule has 0 bridgehead atoms. The van der Waals surface area contributed by atoms with E-state index in [0.29, 0.717) is 30.5 Å². The van der Waals surface area contributed by atoms with Gasteiger partial charge in [-0.1, -0.05) is 32.4 Å². The highest BCUT2D eigenvalue weighted by molar-refractivity contribution is 6.37. The molecule has 4 rings (SSSR count). The van der Waals surface area contributed by atoms with Crippen molar-refractivity contribution < 1.29 is 72.7 Å². The minimum absolute atomic E-state index is 0.00877. The van der Waals surface area contributed by atoms with Crippen molar-refractivity contribution in [2.24, 2.45) is 11.7 Å². The van der Waals surface area contributed by atoms with Crippen LogP contribution in [0.2, 0.25) is 0 Å². The quantitative estimate of drug-likeness (QED) is 0.0313. The van der Waals surface area contributed by atoms with Gasteiger partial charge in [-0.25, -0.2) is 14.4 Å². The number of piperidine rings is 1. The first-order valence-corrected chi connectivity index (χ1v) is 21.7. The Bertz CT molecular complexity index is 2020. The number of primary amides is 1. The Morgan fingerprint density at radius 3 is 2.04 bits per heavy atom.